The van der Waals surface area contributed by atoms with Crippen molar-refractivity contribution >= 4 is 23.6 Å². The van der Waals surface area contributed by atoms with E-state index in [4.69, 9.17) is 0 Å². The Morgan fingerprint density at radius 3 is 1.29 bits per heavy atom. The topological polar surface area (TPSA) is 227 Å². The highest BCUT2D eigenvalue weighted by Gasteiger charge is 2.47. The summed E-state index contributed by atoms with van der Waals surface area (Å²) < 4.78 is 0. The van der Waals surface area contributed by atoms with Crippen molar-refractivity contribution in [2.75, 3.05) is 65.4 Å². The van der Waals surface area contributed by atoms with Crippen molar-refractivity contribution in [1.82, 2.24) is 30.2 Å². The quantitative estimate of drug-likeness (QED) is 0.105. The second-order valence-corrected chi connectivity index (χ2v) is 11.2. The minimum absolute atomic E-state index is 0.0603. The van der Waals surface area contributed by atoms with Gasteiger partial charge in [-0.25, -0.2) is 0 Å². The van der Waals surface area contributed by atoms with Crippen LogP contribution in [0.25, 0.3) is 0 Å². The summed E-state index contributed by atoms with van der Waals surface area (Å²) in [6.07, 6.45) is -8.37. The van der Waals surface area contributed by atoms with E-state index < -0.39 is 60.5 Å². The van der Waals surface area contributed by atoms with E-state index >= 15 is 0 Å². The number of nitrogens with zero attached hydrogens (tertiary/aromatic N) is 4. The molecule has 0 saturated carbocycles. The highest BCUT2D eigenvalue weighted by atomic mass is 16.4. The number of amides is 4. The maximum atomic E-state index is 12.6. The van der Waals surface area contributed by atoms with Gasteiger partial charge in [0.15, 0.2) is 12.2 Å². The van der Waals surface area contributed by atoms with Gasteiger partial charge in [0.1, 0.15) is 24.4 Å². The van der Waals surface area contributed by atoms with E-state index in [0.29, 0.717) is 39.0 Å². The largest absolute Gasteiger partial charge is 0.388 e. The van der Waals surface area contributed by atoms with Crippen molar-refractivity contribution in [1.29, 1.82) is 0 Å². The molecule has 3 aliphatic heterocycles. The minimum atomic E-state index is -1.71. The van der Waals surface area contributed by atoms with E-state index in [0.717, 1.165) is 0 Å². The van der Waals surface area contributed by atoms with Crippen LogP contribution < -0.4 is 10.6 Å². The molecule has 8 N–H and O–H groups in total. The van der Waals surface area contributed by atoms with E-state index in [1.807, 2.05) is 23.6 Å². The molecular formula is C26H46N6O10. The van der Waals surface area contributed by atoms with Crippen LogP contribution in [-0.2, 0) is 19.2 Å². The van der Waals surface area contributed by atoms with Gasteiger partial charge in [-0.05, 0) is 12.8 Å². The molecular weight excluding hydrogens is 556 g/mol. The number of hydrogen-bond acceptors (Lipinski definition) is 12. The molecule has 3 aliphatic rings. The third-order valence-corrected chi connectivity index (χ3v) is 8.15. The lowest BCUT2D eigenvalue weighted by molar-refractivity contribution is -0.175. The Morgan fingerprint density at radius 2 is 0.976 bits per heavy atom. The molecule has 0 aromatic rings. The first-order chi connectivity index (χ1) is 19.9. The Kier molecular flexibility index (Phi) is 12.4. The maximum absolute atomic E-state index is 12.6. The fourth-order valence-corrected chi connectivity index (χ4v) is 5.71. The van der Waals surface area contributed by atoms with Crippen LogP contribution in [0, 0.1) is 0 Å². The SMILES string of the molecule is CCCN1C(=O)[C@H](O)[C@@H](O)[C@H](O)[C@H]1CNC(=O)CN1CCN(CC(=O)NC[C@@H]2[C@@H](O)[C@H](O)[C@@H](O)C(=O)N2CCC)CC1. The summed E-state index contributed by atoms with van der Waals surface area (Å²) in [5.41, 5.74) is 0. The monoisotopic (exact) mass is 602 g/mol. The van der Waals surface area contributed by atoms with Gasteiger partial charge >= 0.3 is 0 Å². The van der Waals surface area contributed by atoms with Crippen LogP contribution in [-0.4, -0.2) is 188 Å². The maximum Gasteiger partial charge on any atom is 0.254 e. The molecule has 0 radical (unpaired) electrons. The first-order valence-electron chi connectivity index (χ1n) is 14.6. The first kappa shape index (κ1) is 34.1. The normalized spacial score (nSPS) is 33.1. The van der Waals surface area contributed by atoms with Gasteiger partial charge in [0.2, 0.25) is 11.8 Å². The van der Waals surface area contributed by atoms with Gasteiger partial charge in [0.05, 0.1) is 25.2 Å². The minimum Gasteiger partial charge on any atom is -0.388 e. The average molecular weight is 603 g/mol. The number of aliphatic hydroxyl groups excluding tert-OH is 6. The molecule has 0 aliphatic carbocycles. The van der Waals surface area contributed by atoms with Crippen molar-refractivity contribution in [3.63, 3.8) is 0 Å². The number of carbonyl (C=O) groups excluding carboxylic acids is 4. The van der Waals surface area contributed by atoms with Gasteiger partial charge in [-0.2, -0.15) is 0 Å². The number of carbonyl (C=O) groups is 4. The molecule has 3 saturated heterocycles. The molecule has 0 unspecified atom stereocenters. The Morgan fingerprint density at radius 1 is 0.643 bits per heavy atom. The standard InChI is InChI=1S/C26H46N6O10/c1-3-5-31-15(19(35)21(37)23(39)25(31)41)11-27-17(33)13-29-7-9-30(10-8-29)14-18(34)28-12-16-20(36)22(38)24(40)26(42)32(16)6-4-2/h15-16,19-24,35-40H,3-14H2,1-2H3,(H,27,33)(H,28,34)/t15-,16-,19-,20-,21+,22+,23-,24-/m1/s1. The lowest BCUT2D eigenvalue weighted by Crippen LogP contribution is -2.67. The lowest BCUT2D eigenvalue weighted by atomic mass is 9.93. The highest BCUT2D eigenvalue weighted by Crippen LogP contribution is 2.21. The zero-order valence-corrected chi connectivity index (χ0v) is 24.2. The van der Waals surface area contributed by atoms with Crippen molar-refractivity contribution in [3.05, 3.63) is 0 Å². The fourth-order valence-electron chi connectivity index (χ4n) is 5.71. The predicted octanol–water partition coefficient (Wildman–Crippen LogP) is -5.76. The van der Waals surface area contributed by atoms with Crippen molar-refractivity contribution in [2.45, 2.75) is 75.4 Å². The molecule has 16 nitrogen and oxygen atoms in total. The molecule has 0 aromatic heterocycles. The molecule has 8 atom stereocenters. The smallest absolute Gasteiger partial charge is 0.254 e. The predicted molar refractivity (Wildman–Crippen MR) is 147 cm³/mol. The highest BCUT2D eigenvalue weighted by molar-refractivity contribution is 5.84. The van der Waals surface area contributed by atoms with Crippen LogP contribution in [0.5, 0.6) is 0 Å². The molecule has 3 fully saturated rings. The summed E-state index contributed by atoms with van der Waals surface area (Å²) in [4.78, 5) is 56.3. The summed E-state index contributed by atoms with van der Waals surface area (Å²) in [7, 11) is 0. The number of rotatable bonds is 12. The number of hydrogen-bond donors (Lipinski definition) is 8. The molecule has 3 rings (SSSR count). The van der Waals surface area contributed by atoms with Crippen LogP contribution in [0.3, 0.4) is 0 Å². The third-order valence-electron chi connectivity index (χ3n) is 8.15. The zero-order chi connectivity index (χ0) is 31.1. The Hall–Kier alpha value is -2.44. The van der Waals surface area contributed by atoms with Gasteiger partial charge < -0.3 is 51.1 Å². The second-order valence-electron chi connectivity index (χ2n) is 11.2. The molecule has 42 heavy (non-hydrogen) atoms. The van der Waals surface area contributed by atoms with Gasteiger partial charge in [-0.15, -0.1) is 0 Å². The summed E-state index contributed by atoms with van der Waals surface area (Å²) in [5, 5.41) is 66.0. The Balaban J connectivity index is 1.41. The Bertz CT molecular complexity index is 877. The zero-order valence-electron chi connectivity index (χ0n) is 24.2. The van der Waals surface area contributed by atoms with Crippen molar-refractivity contribution < 1.29 is 49.8 Å². The molecule has 0 bridgehead atoms. The van der Waals surface area contributed by atoms with Crippen LogP contribution >= 0.6 is 0 Å². The van der Waals surface area contributed by atoms with Crippen LogP contribution in [0.2, 0.25) is 0 Å². The van der Waals surface area contributed by atoms with Gasteiger partial charge in [0.25, 0.3) is 11.8 Å². The van der Waals surface area contributed by atoms with E-state index in [2.05, 4.69) is 10.6 Å². The van der Waals surface area contributed by atoms with E-state index in [1.54, 1.807) is 0 Å². The van der Waals surface area contributed by atoms with Crippen LogP contribution in [0.4, 0.5) is 0 Å². The summed E-state index contributed by atoms with van der Waals surface area (Å²) in [5.74, 6) is -2.04. The third kappa shape index (κ3) is 7.93. The molecule has 0 aromatic carbocycles. The van der Waals surface area contributed by atoms with Gasteiger partial charge in [0, 0.05) is 52.4 Å². The van der Waals surface area contributed by atoms with Gasteiger partial charge in [-0.1, -0.05) is 13.8 Å². The van der Waals surface area contributed by atoms with Crippen LogP contribution in [0.15, 0.2) is 0 Å². The number of aliphatic hydroxyl groups is 6. The number of piperazine rings is 1. The van der Waals surface area contributed by atoms with E-state index in [1.165, 1.54) is 9.80 Å². The van der Waals surface area contributed by atoms with E-state index in [-0.39, 0.29) is 51.1 Å². The Labute approximate surface area is 244 Å². The van der Waals surface area contributed by atoms with E-state index in [9.17, 15) is 49.8 Å². The van der Waals surface area contributed by atoms with Crippen molar-refractivity contribution in [2.24, 2.45) is 0 Å². The first-order valence-corrected chi connectivity index (χ1v) is 14.6. The lowest BCUT2D eigenvalue weighted by Gasteiger charge is -2.43. The van der Waals surface area contributed by atoms with Crippen molar-refractivity contribution in [3.8, 4) is 0 Å². The molecule has 3 heterocycles. The van der Waals surface area contributed by atoms with Crippen LogP contribution in [0.1, 0.15) is 26.7 Å². The molecule has 0 spiro atoms. The summed E-state index contributed by atoms with van der Waals surface area (Å²) in [6, 6.07) is -1.74. The molecule has 240 valence electrons. The summed E-state index contributed by atoms with van der Waals surface area (Å²) >= 11 is 0. The number of likely N-dealkylation sites (tertiary alicyclic amines) is 2. The fraction of sp³-hybridized carbons (Fsp3) is 0.846. The number of nitrogens with one attached hydrogen (secondary N) is 2. The molecule has 4 amide bonds. The second kappa shape index (κ2) is 15.3. The van der Waals surface area contributed by atoms with Gasteiger partial charge in [-0.3, -0.25) is 29.0 Å². The summed E-state index contributed by atoms with van der Waals surface area (Å²) in [6.45, 7) is 6.15. The number of piperidine rings is 2. The molecule has 16 heteroatoms. The average Bonchev–Trinajstić information content (AvgIpc) is 2.97.